The van der Waals surface area contributed by atoms with Crippen molar-refractivity contribution in [3.63, 3.8) is 0 Å². The molecular formula is C39H48F2N2O7. The van der Waals surface area contributed by atoms with Gasteiger partial charge in [-0.2, -0.15) is 0 Å². The maximum absolute atomic E-state index is 13.6. The Morgan fingerprint density at radius 2 is 1.62 bits per heavy atom. The molecule has 9 nitrogen and oxygen atoms in total. The molecule has 11 heteroatoms. The van der Waals surface area contributed by atoms with Crippen molar-refractivity contribution in [2.75, 3.05) is 52.0 Å². The number of aldehydes is 2. The summed E-state index contributed by atoms with van der Waals surface area (Å²) < 4.78 is 37.9. The number of hydrogen-bond acceptors (Lipinski definition) is 8. The monoisotopic (exact) mass is 694 g/mol. The molecule has 3 aromatic rings. The summed E-state index contributed by atoms with van der Waals surface area (Å²) in [4.78, 5) is 38.2. The summed E-state index contributed by atoms with van der Waals surface area (Å²) in [5, 5.41) is 17.6. The predicted octanol–water partition coefficient (Wildman–Crippen LogP) is 5.24. The molecule has 2 N–H and O–H groups in total. The fourth-order valence-corrected chi connectivity index (χ4v) is 6.70. The first-order valence-corrected chi connectivity index (χ1v) is 17.1. The van der Waals surface area contributed by atoms with Gasteiger partial charge in [0.15, 0.2) is 0 Å². The number of ether oxygens (including phenoxy) is 2. The smallest absolute Gasteiger partial charge is 0.233 e. The Balaban J connectivity index is 0.000000440. The number of rotatable bonds is 13. The van der Waals surface area contributed by atoms with Crippen LogP contribution in [0, 0.1) is 23.5 Å². The zero-order chi connectivity index (χ0) is 36.1. The molecule has 4 atom stereocenters. The number of aliphatic hydroxyl groups is 2. The Labute approximate surface area is 292 Å². The van der Waals surface area contributed by atoms with Gasteiger partial charge in [-0.05, 0) is 105 Å². The second-order valence-corrected chi connectivity index (χ2v) is 13.1. The van der Waals surface area contributed by atoms with Gasteiger partial charge in [0.1, 0.15) is 36.4 Å². The number of β-lactam (4-membered cyclic amide) rings is 1. The van der Waals surface area contributed by atoms with Crippen LogP contribution in [-0.4, -0.2) is 86.3 Å². The predicted molar refractivity (Wildman–Crippen MR) is 185 cm³/mol. The fraction of sp³-hybridized carbons (Fsp3) is 0.462. The first kappa shape index (κ1) is 38.9. The van der Waals surface area contributed by atoms with Gasteiger partial charge in [0.05, 0.1) is 31.3 Å². The molecule has 0 aliphatic carbocycles. The highest BCUT2D eigenvalue weighted by atomic mass is 19.1. The number of hydrogen-bond donors (Lipinski definition) is 2. The quantitative estimate of drug-likeness (QED) is 0.185. The number of aliphatic hydroxyl groups excluding tert-OH is 2. The van der Waals surface area contributed by atoms with Gasteiger partial charge in [-0.3, -0.25) is 4.79 Å². The van der Waals surface area contributed by atoms with Gasteiger partial charge in [-0.25, -0.2) is 8.78 Å². The van der Waals surface area contributed by atoms with Gasteiger partial charge in [0, 0.05) is 25.3 Å². The summed E-state index contributed by atoms with van der Waals surface area (Å²) in [5.41, 5.74) is 2.84. The van der Waals surface area contributed by atoms with Gasteiger partial charge in [-0.1, -0.05) is 36.4 Å². The molecule has 3 saturated heterocycles. The van der Waals surface area contributed by atoms with E-state index in [0.29, 0.717) is 43.2 Å². The molecule has 3 aliphatic rings. The van der Waals surface area contributed by atoms with Gasteiger partial charge in [0.25, 0.3) is 0 Å². The first-order chi connectivity index (χ1) is 24.2. The average Bonchev–Trinajstić information content (AvgIpc) is 3.12. The molecule has 3 aromatic carbocycles. The Bertz CT molecular complexity index is 1500. The van der Waals surface area contributed by atoms with Gasteiger partial charge < -0.3 is 39.1 Å². The zero-order valence-electron chi connectivity index (χ0n) is 28.8. The Kier molecular flexibility index (Phi) is 14.7. The third kappa shape index (κ3) is 10.1. The average molecular weight is 695 g/mol. The molecule has 6 rings (SSSR count). The fourth-order valence-electron chi connectivity index (χ4n) is 6.70. The van der Waals surface area contributed by atoms with Gasteiger partial charge >= 0.3 is 0 Å². The molecule has 3 heterocycles. The van der Waals surface area contributed by atoms with Crippen LogP contribution in [0.15, 0.2) is 72.8 Å². The van der Waals surface area contributed by atoms with Crippen molar-refractivity contribution >= 4 is 24.2 Å². The van der Waals surface area contributed by atoms with Crippen molar-refractivity contribution < 1.29 is 42.9 Å². The topological polar surface area (TPSA) is 117 Å². The number of anilines is 1. The van der Waals surface area contributed by atoms with Crippen LogP contribution >= 0.6 is 0 Å². The minimum absolute atomic E-state index is 0.0501. The van der Waals surface area contributed by atoms with E-state index >= 15 is 0 Å². The van der Waals surface area contributed by atoms with Crippen molar-refractivity contribution in [1.82, 2.24) is 4.90 Å². The van der Waals surface area contributed by atoms with E-state index in [4.69, 9.17) is 14.6 Å². The lowest BCUT2D eigenvalue weighted by molar-refractivity contribution is -0.209. The molecule has 270 valence electrons. The third-order valence-corrected chi connectivity index (χ3v) is 9.56. The molecule has 0 bridgehead atoms. The van der Waals surface area contributed by atoms with Crippen LogP contribution in [0.4, 0.5) is 14.5 Å². The molecule has 0 spiro atoms. The minimum Gasteiger partial charge on any atom is -0.400 e. The van der Waals surface area contributed by atoms with E-state index in [2.05, 4.69) is 11.9 Å². The van der Waals surface area contributed by atoms with Crippen LogP contribution in [0.25, 0.3) is 0 Å². The van der Waals surface area contributed by atoms with Crippen LogP contribution in [0.1, 0.15) is 60.9 Å². The molecule has 0 saturated carbocycles. The van der Waals surface area contributed by atoms with Gasteiger partial charge in [-0.15, -0.1) is 0 Å². The molecule has 3 fully saturated rings. The lowest BCUT2D eigenvalue weighted by Crippen LogP contribution is -2.55. The minimum atomic E-state index is -0.814. The zero-order valence-corrected chi connectivity index (χ0v) is 28.8. The van der Waals surface area contributed by atoms with Crippen molar-refractivity contribution in [2.45, 2.75) is 56.3 Å². The number of benzene rings is 3. The number of nitrogens with zero attached hydrogens (tertiary/aromatic N) is 2. The molecule has 50 heavy (non-hydrogen) atoms. The van der Waals surface area contributed by atoms with Crippen LogP contribution in [-0.2, 0) is 30.3 Å². The number of halogens is 2. The third-order valence-electron chi connectivity index (χ3n) is 9.56. The highest BCUT2D eigenvalue weighted by molar-refractivity contribution is 6.03. The maximum Gasteiger partial charge on any atom is 0.233 e. The second-order valence-electron chi connectivity index (χ2n) is 13.1. The van der Waals surface area contributed by atoms with E-state index < -0.39 is 11.7 Å². The number of carbonyl (C=O) groups excluding carboxylic acids is 3. The summed E-state index contributed by atoms with van der Waals surface area (Å²) in [7, 11) is 3.07. The summed E-state index contributed by atoms with van der Waals surface area (Å²) in [6, 6.07) is 19.4. The van der Waals surface area contributed by atoms with Crippen LogP contribution in [0.5, 0.6) is 0 Å². The molecule has 3 aliphatic heterocycles. The molecule has 0 radical (unpaired) electrons. The highest BCUT2D eigenvalue weighted by Crippen LogP contribution is 2.46. The van der Waals surface area contributed by atoms with Crippen molar-refractivity contribution in [3.8, 4) is 0 Å². The van der Waals surface area contributed by atoms with E-state index in [0.717, 1.165) is 63.2 Å². The van der Waals surface area contributed by atoms with E-state index in [1.807, 2.05) is 24.3 Å². The maximum atomic E-state index is 13.6. The van der Waals surface area contributed by atoms with Crippen LogP contribution in [0.2, 0.25) is 0 Å². The molecule has 1 amide bonds. The lowest BCUT2D eigenvalue weighted by Gasteiger charge is -2.48. The number of likely N-dealkylation sites (tertiary alicyclic amines) is 1. The highest BCUT2D eigenvalue weighted by Gasteiger charge is 2.48. The first-order valence-electron chi connectivity index (χ1n) is 17.1. The second kappa shape index (κ2) is 18.9. The summed E-state index contributed by atoms with van der Waals surface area (Å²) in [6.45, 7) is 3.12. The van der Waals surface area contributed by atoms with Crippen molar-refractivity contribution in [1.29, 1.82) is 0 Å². The van der Waals surface area contributed by atoms with E-state index in [1.54, 1.807) is 29.2 Å². The Morgan fingerprint density at radius 3 is 2.16 bits per heavy atom. The van der Waals surface area contributed by atoms with E-state index in [-0.39, 0.29) is 36.1 Å². The van der Waals surface area contributed by atoms with Crippen LogP contribution in [0.3, 0.4) is 0 Å². The number of amides is 1. The normalized spacial score (nSPS) is 21.7. The number of carbonyl (C=O) groups is 3. The largest absolute Gasteiger partial charge is 0.400 e. The Hall–Kier alpha value is -3.87. The van der Waals surface area contributed by atoms with Gasteiger partial charge in [0.2, 0.25) is 5.91 Å². The summed E-state index contributed by atoms with van der Waals surface area (Å²) >= 11 is 0. The summed E-state index contributed by atoms with van der Waals surface area (Å²) in [5.74, 6) is -0.880. The summed E-state index contributed by atoms with van der Waals surface area (Å²) in [6.07, 6.45) is 5.55. The molecule has 3 unspecified atom stereocenters. The molecular weight excluding hydrogens is 646 g/mol. The molecule has 0 aromatic heterocycles. The van der Waals surface area contributed by atoms with Crippen molar-refractivity contribution in [3.05, 3.63) is 101 Å². The van der Waals surface area contributed by atoms with Crippen molar-refractivity contribution in [2.24, 2.45) is 11.8 Å². The SMILES string of the molecule is CN1CCCC(C=O)C1.CO.O=CCOC1(CCc2ccc(C3[C@@H](CCC(O)c4ccc(F)cc4)C(=O)N3c3ccc(F)cc3)cc2)COC1. The lowest BCUT2D eigenvalue weighted by atomic mass is 9.78. The number of aryl methyl sites for hydroxylation is 1. The van der Waals surface area contributed by atoms with E-state index in [1.165, 1.54) is 30.7 Å². The standard InChI is InChI=1S/C31H31F2NO5.C7H13NO.CH4O/c32-24-7-5-22(6-8-24)28(36)14-13-27-29(34(30(27)37)26-11-9-25(33)10-12-26)23-3-1-21(2-4-23)15-16-31(19-38-20-31)39-18-17-35;1-8-4-2-3-7(5-8)6-9;1-2/h1-12,17,27-29,36H,13-16,18-20H2;6-7H,2-5H2,1H3;2H,1H3/t27-,28?,29?;;/m1../s1. The van der Waals surface area contributed by atoms with E-state index in [9.17, 15) is 28.3 Å². The number of piperidine rings is 1. The Morgan fingerprint density at radius 1 is 0.980 bits per heavy atom. The van der Waals surface area contributed by atoms with Crippen LogP contribution < -0.4 is 4.90 Å².